The molecule has 8 bridgehead atoms. The van der Waals surface area contributed by atoms with Gasteiger partial charge in [0, 0.05) is 37.2 Å². The van der Waals surface area contributed by atoms with Crippen LogP contribution >= 0.6 is 12.0 Å². The molecular formula is C48H71F5Na2O18S2. The summed E-state index contributed by atoms with van der Waals surface area (Å²) in [5.41, 5.74) is -0.978. The monoisotopic (exact) mass is 1140 g/mol. The molecule has 1 N–H and O–H groups in total. The Kier molecular flexibility index (Phi) is 33.0. The predicted molar refractivity (Wildman–Crippen MR) is 243 cm³/mol. The molecule has 0 saturated heterocycles. The van der Waals surface area contributed by atoms with E-state index in [1.54, 1.807) is 20.8 Å². The molecule has 420 valence electrons. The minimum Gasteiger partial charge on any atom is -0.870 e. The molecule has 0 aromatic carbocycles. The van der Waals surface area contributed by atoms with E-state index in [9.17, 15) is 44.7 Å². The molecular weight excluding hydrogens is 1070 g/mol. The largest absolute Gasteiger partial charge is 1.00 e. The van der Waals surface area contributed by atoms with E-state index in [4.69, 9.17) is 47.6 Å². The van der Waals surface area contributed by atoms with Gasteiger partial charge in [-0.25, -0.2) is 9.59 Å². The van der Waals surface area contributed by atoms with Gasteiger partial charge in [0.2, 0.25) is 0 Å². The molecule has 0 aliphatic heterocycles. The van der Waals surface area contributed by atoms with Crippen LogP contribution in [0, 0.1) is 45.3 Å². The number of esters is 2. The maximum atomic E-state index is 14.4. The normalized spacial score (nSPS) is 28.2. The maximum Gasteiger partial charge on any atom is 1.00 e. The number of alkyl halides is 4. The maximum absolute atomic E-state index is 14.4. The summed E-state index contributed by atoms with van der Waals surface area (Å²) in [5.74, 6) is 0.555. The Morgan fingerprint density at radius 2 is 0.960 bits per heavy atom. The van der Waals surface area contributed by atoms with Gasteiger partial charge in [0.15, 0.2) is 12.6 Å². The molecule has 8 saturated carbocycles. The molecule has 0 heterocycles. The summed E-state index contributed by atoms with van der Waals surface area (Å²) in [5, 5.41) is 5.60. The van der Waals surface area contributed by atoms with Crippen molar-refractivity contribution in [2.24, 2.45) is 45.3 Å². The van der Waals surface area contributed by atoms with Gasteiger partial charge in [0.25, 0.3) is 0 Å². The van der Waals surface area contributed by atoms with Crippen molar-refractivity contribution in [1.29, 1.82) is 0 Å². The molecule has 0 spiro atoms. The number of carbonyl (C=O) groups excluding carboxylic acids is 6. The standard InChI is InChI=1S/C23H35F3O6S.C23H36F2O7S.2CO2.2Na.H2O/c1-16(2)20(27)31-7-5-4-6-30-17(3)32-15-22-11-18-8-19(12-22)10-21(9-18,13-22)14-23(24,25)33(26,28)29;1-16(2)20(26)29-7-5-4-6-28-17(3)30-15-22-11-18-8-19(12-22)10-21(9-18,13-22)14-23(24,25)33-32-31-27;2*2-1-3;;;/h17-19H,1,4-15H2,2-3H3;17-19,27H,1,4-15H2,2-3H3;;;;;1H2/q;;;;2*+1;/p-2. The summed E-state index contributed by atoms with van der Waals surface area (Å²) < 4.78 is 130. The smallest absolute Gasteiger partial charge is 0.870 e. The Morgan fingerprint density at radius 1 is 0.640 bits per heavy atom. The predicted octanol–water partition coefficient (Wildman–Crippen LogP) is 2.50. The molecule has 0 radical (unpaired) electrons. The SMILES string of the molecule is C=C(C)C(=O)OCCCCOC(C)OCC12CC3CC(C1)CC(CC(F)(F)S(=O)(=O)F)(C3)C2.C=C(C)C(=O)OCCCCOC(C)OCC12CC3CC(C1)CC(CC(F)(F)SOO[O-])(C3)C2.O=C=O.O=C=O.[Na+].[Na+].[OH-]. The number of unbranched alkanes of at least 4 members (excludes halogenated alkanes) is 2. The van der Waals surface area contributed by atoms with Crippen molar-refractivity contribution in [2.45, 2.75) is 166 Å². The van der Waals surface area contributed by atoms with Crippen LogP contribution in [-0.2, 0) is 76.8 Å². The van der Waals surface area contributed by atoms with Gasteiger partial charge in [-0.2, -0.15) is 49.5 Å². The average Bonchev–Trinajstić information content (AvgIpc) is 3.25. The first-order chi connectivity index (χ1) is 33.6. The van der Waals surface area contributed by atoms with Crippen molar-refractivity contribution < 1.29 is 166 Å². The molecule has 0 amide bonds. The third-order valence-corrected chi connectivity index (χ3v) is 15.9. The van der Waals surface area contributed by atoms with Gasteiger partial charge in [-0.3, -0.25) is 5.04 Å². The molecule has 75 heavy (non-hydrogen) atoms. The Balaban J connectivity index is 0.00000127. The molecule has 0 aromatic heterocycles. The topological polar surface area (TPSA) is 263 Å². The number of carbonyl (C=O) groups is 2. The Bertz CT molecular complexity index is 1950. The van der Waals surface area contributed by atoms with Crippen LogP contribution < -0.4 is 64.4 Å². The quantitative estimate of drug-likeness (QED) is 0.0104. The molecule has 6 atom stereocenters. The summed E-state index contributed by atoms with van der Waals surface area (Å²) in [6.07, 6.45) is 10.7. The van der Waals surface area contributed by atoms with E-state index in [1.807, 2.05) is 6.92 Å². The van der Waals surface area contributed by atoms with Crippen LogP contribution in [0.2, 0.25) is 0 Å². The molecule has 0 aromatic rings. The fraction of sp³-hybridized carbons (Fsp3) is 0.833. The molecule has 8 aliphatic carbocycles. The van der Waals surface area contributed by atoms with Gasteiger partial charge in [-0.1, -0.05) is 17.0 Å². The summed E-state index contributed by atoms with van der Waals surface area (Å²) >= 11 is -0.189. The minimum absolute atomic E-state index is 0. The second kappa shape index (κ2) is 33.5. The van der Waals surface area contributed by atoms with E-state index in [0.29, 0.717) is 101 Å². The fourth-order valence-electron chi connectivity index (χ4n) is 13.3. The number of rotatable bonds is 28. The van der Waals surface area contributed by atoms with Crippen LogP contribution in [0.5, 0.6) is 0 Å². The van der Waals surface area contributed by atoms with Crippen molar-refractivity contribution in [3.8, 4) is 0 Å². The molecule has 6 unspecified atom stereocenters. The van der Waals surface area contributed by atoms with Crippen LogP contribution in [0.25, 0.3) is 0 Å². The molecule has 8 aliphatic rings. The van der Waals surface area contributed by atoms with Crippen molar-refractivity contribution in [2.75, 3.05) is 39.6 Å². The van der Waals surface area contributed by atoms with Crippen molar-refractivity contribution in [3.63, 3.8) is 0 Å². The van der Waals surface area contributed by atoms with E-state index < -0.39 is 56.5 Å². The zero-order valence-electron chi connectivity index (χ0n) is 43.9. The fourth-order valence-corrected chi connectivity index (χ4v) is 14.2. The second-order valence-electron chi connectivity index (χ2n) is 21.1. The number of hydrogen-bond acceptors (Lipinski definition) is 19. The van der Waals surface area contributed by atoms with E-state index in [0.717, 1.165) is 57.8 Å². The van der Waals surface area contributed by atoms with Crippen molar-refractivity contribution in [3.05, 3.63) is 24.3 Å². The first kappa shape index (κ1) is 73.8. The number of hydrogen-bond donors (Lipinski definition) is 0. The van der Waals surface area contributed by atoms with Crippen LogP contribution in [0.4, 0.5) is 21.4 Å². The second-order valence-corrected chi connectivity index (χ2v) is 23.5. The van der Waals surface area contributed by atoms with Gasteiger partial charge in [-0.15, -0.1) is 0 Å². The molecule has 8 fully saturated rings. The number of ether oxygens (including phenoxy) is 6. The third kappa shape index (κ3) is 24.2. The van der Waals surface area contributed by atoms with Gasteiger partial charge in [0.05, 0.1) is 26.4 Å². The average molecular weight is 1140 g/mol. The first-order valence-electron chi connectivity index (χ1n) is 24.1. The summed E-state index contributed by atoms with van der Waals surface area (Å²) in [6.45, 7) is 16.3. The van der Waals surface area contributed by atoms with E-state index in [-0.39, 0.29) is 131 Å². The van der Waals surface area contributed by atoms with Crippen LogP contribution in [0.3, 0.4) is 0 Å². The Morgan fingerprint density at radius 3 is 1.28 bits per heavy atom. The summed E-state index contributed by atoms with van der Waals surface area (Å²) in [4.78, 5) is 55.2. The van der Waals surface area contributed by atoms with Crippen LogP contribution in [0.15, 0.2) is 24.3 Å². The van der Waals surface area contributed by atoms with Gasteiger partial charge in [0.1, 0.15) is 12.0 Å². The summed E-state index contributed by atoms with van der Waals surface area (Å²) in [6, 6.07) is 0. The zero-order chi connectivity index (χ0) is 54.0. The minimum atomic E-state index is -5.93. The van der Waals surface area contributed by atoms with E-state index >= 15 is 0 Å². The molecule has 18 nitrogen and oxygen atoms in total. The van der Waals surface area contributed by atoms with Gasteiger partial charge in [-0.05, 0) is 176 Å². The van der Waals surface area contributed by atoms with Crippen molar-refractivity contribution in [1.82, 2.24) is 0 Å². The van der Waals surface area contributed by atoms with Crippen LogP contribution in [-0.4, -0.2) is 101 Å². The van der Waals surface area contributed by atoms with Gasteiger partial charge >= 0.3 is 104 Å². The van der Waals surface area contributed by atoms with E-state index in [1.165, 1.54) is 0 Å². The van der Waals surface area contributed by atoms with E-state index in [2.05, 4.69) is 22.5 Å². The molecule has 27 heteroatoms. The Hall–Kier alpha value is -1.19. The number of halogens is 5. The summed E-state index contributed by atoms with van der Waals surface area (Å²) in [7, 11) is -5.93. The van der Waals surface area contributed by atoms with Crippen molar-refractivity contribution >= 4 is 46.5 Å². The third-order valence-electron chi connectivity index (χ3n) is 14.5. The van der Waals surface area contributed by atoms with Gasteiger partial charge < -0.3 is 39.2 Å². The zero-order valence-corrected chi connectivity index (χ0v) is 49.6. The molecule has 8 rings (SSSR count). The van der Waals surface area contributed by atoms with Crippen LogP contribution in [0.1, 0.15) is 143 Å². The Labute approximate surface area is 484 Å². The first-order valence-corrected chi connectivity index (χ1v) is 26.2.